The van der Waals surface area contributed by atoms with Gasteiger partial charge in [0.05, 0.1) is 5.56 Å². The molecular weight excluding hydrogens is 378 g/mol. The average Bonchev–Trinajstić information content (AvgIpc) is 3.58. The first-order chi connectivity index (χ1) is 14.5. The topological polar surface area (TPSA) is 81.7 Å². The van der Waals surface area contributed by atoms with E-state index in [0.29, 0.717) is 17.6 Å². The van der Waals surface area contributed by atoms with Crippen LogP contribution in [-0.4, -0.2) is 35.1 Å². The first-order valence-corrected chi connectivity index (χ1v) is 10.7. The zero-order valence-electron chi connectivity index (χ0n) is 17.5. The largest absolute Gasteiger partial charge is 0.478 e. The second kappa shape index (κ2) is 8.48. The van der Waals surface area contributed by atoms with E-state index in [-0.39, 0.29) is 11.6 Å². The number of urea groups is 1. The number of anilines is 2. The molecule has 2 aromatic carbocycles. The minimum atomic E-state index is -0.990. The molecule has 0 heterocycles. The summed E-state index contributed by atoms with van der Waals surface area (Å²) in [6.07, 6.45) is 6.06. The van der Waals surface area contributed by atoms with Gasteiger partial charge in [-0.25, -0.2) is 9.59 Å². The van der Waals surface area contributed by atoms with Crippen molar-refractivity contribution in [3.05, 3.63) is 59.2 Å². The van der Waals surface area contributed by atoms with Crippen LogP contribution in [0.15, 0.2) is 42.5 Å². The Morgan fingerprint density at radius 3 is 2.27 bits per heavy atom. The number of carbonyl (C=O) groups is 2. The van der Waals surface area contributed by atoms with Crippen LogP contribution in [0.1, 0.15) is 72.5 Å². The Morgan fingerprint density at radius 2 is 1.63 bits per heavy atom. The van der Waals surface area contributed by atoms with E-state index in [1.807, 2.05) is 6.07 Å². The Hall–Kier alpha value is -2.86. The highest BCUT2D eigenvalue weighted by molar-refractivity contribution is 6.00. The number of carboxylic acids is 1. The number of hydrogen-bond acceptors (Lipinski definition) is 3. The van der Waals surface area contributed by atoms with Gasteiger partial charge in [-0.15, -0.1) is 0 Å². The zero-order chi connectivity index (χ0) is 21.3. The molecule has 3 N–H and O–H groups in total. The SMILES string of the molecule is CCC1CCC(N(C)C2CC2)c2ccc(NC(=O)Nc3ccc(C(=O)O)cc3)cc21. The monoisotopic (exact) mass is 407 g/mol. The molecule has 2 unspecified atom stereocenters. The van der Waals surface area contributed by atoms with E-state index in [4.69, 9.17) is 5.11 Å². The van der Waals surface area contributed by atoms with Crippen LogP contribution in [0.3, 0.4) is 0 Å². The number of nitrogens with zero attached hydrogens (tertiary/aromatic N) is 1. The number of amides is 2. The maximum absolute atomic E-state index is 12.4. The minimum absolute atomic E-state index is 0.187. The summed E-state index contributed by atoms with van der Waals surface area (Å²) in [5, 5.41) is 14.7. The molecular formula is C24H29N3O3. The molecule has 1 saturated carbocycles. The maximum atomic E-state index is 12.4. The maximum Gasteiger partial charge on any atom is 0.335 e. The molecule has 0 aliphatic heterocycles. The molecule has 2 aliphatic rings. The summed E-state index contributed by atoms with van der Waals surface area (Å²) >= 11 is 0. The lowest BCUT2D eigenvalue weighted by atomic mass is 9.78. The number of benzene rings is 2. The summed E-state index contributed by atoms with van der Waals surface area (Å²) < 4.78 is 0. The molecule has 0 aromatic heterocycles. The molecule has 0 spiro atoms. The van der Waals surface area contributed by atoms with E-state index in [9.17, 15) is 9.59 Å². The summed E-state index contributed by atoms with van der Waals surface area (Å²) in [5.74, 6) is -0.464. The highest BCUT2D eigenvalue weighted by Gasteiger charge is 2.35. The van der Waals surface area contributed by atoms with Crippen molar-refractivity contribution in [1.82, 2.24) is 4.90 Å². The Kier molecular flexibility index (Phi) is 5.77. The number of aromatic carboxylic acids is 1. The fourth-order valence-electron chi connectivity index (χ4n) is 4.55. The van der Waals surface area contributed by atoms with Crippen molar-refractivity contribution < 1.29 is 14.7 Å². The fourth-order valence-corrected chi connectivity index (χ4v) is 4.55. The van der Waals surface area contributed by atoms with E-state index < -0.39 is 5.97 Å². The highest BCUT2D eigenvalue weighted by Crippen LogP contribution is 2.45. The Bertz CT molecular complexity index is 937. The molecule has 6 nitrogen and oxygen atoms in total. The molecule has 30 heavy (non-hydrogen) atoms. The van der Waals surface area contributed by atoms with Gasteiger partial charge in [0.15, 0.2) is 0 Å². The minimum Gasteiger partial charge on any atom is -0.478 e. The van der Waals surface area contributed by atoms with Gasteiger partial charge < -0.3 is 15.7 Å². The number of hydrogen-bond donors (Lipinski definition) is 3. The number of carbonyl (C=O) groups excluding carboxylic acids is 1. The number of carboxylic acid groups (broad SMARTS) is 1. The van der Waals surface area contributed by atoms with E-state index in [2.05, 4.69) is 41.6 Å². The Balaban J connectivity index is 1.48. The van der Waals surface area contributed by atoms with Crippen molar-refractivity contribution in [2.75, 3.05) is 17.7 Å². The molecule has 2 aromatic rings. The lowest BCUT2D eigenvalue weighted by molar-refractivity contribution is 0.0697. The van der Waals surface area contributed by atoms with E-state index >= 15 is 0 Å². The molecule has 6 heteroatoms. The van der Waals surface area contributed by atoms with Crippen molar-refractivity contribution in [2.45, 2.75) is 57.0 Å². The van der Waals surface area contributed by atoms with E-state index in [1.165, 1.54) is 48.9 Å². The van der Waals surface area contributed by atoms with Crippen LogP contribution in [-0.2, 0) is 0 Å². The molecule has 2 amide bonds. The predicted molar refractivity (Wildman–Crippen MR) is 118 cm³/mol. The molecule has 4 rings (SSSR count). The third-order valence-electron chi connectivity index (χ3n) is 6.43. The molecule has 2 aliphatic carbocycles. The van der Waals surface area contributed by atoms with Crippen LogP contribution in [0.25, 0.3) is 0 Å². The third-order valence-corrected chi connectivity index (χ3v) is 6.43. The van der Waals surface area contributed by atoms with Crippen molar-refractivity contribution in [3.63, 3.8) is 0 Å². The summed E-state index contributed by atoms with van der Waals surface area (Å²) in [6.45, 7) is 2.23. The Labute approximate surface area is 177 Å². The van der Waals surface area contributed by atoms with Gasteiger partial charge in [0.25, 0.3) is 0 Å². The number of nitrogens with one attached hydrogen (secondary N) is 2. The molecule has 0 saturated heterocycles. The third kappa shape index (κ3) is 4.33. The quantitative estimate of drug-likeness (QED) is 0.595. The van der Waals surface area contributed by atoms with Crippen LogP contribution in [0.2, 0.25) is 0 Å². The molecule has 2 atom stereocenters. The van der Waals surface area contributed by atoms with Crippen LogP contribution >= 0.6 is 0 Å². The average molecular weight is 408 g/mol. The highest BCUT2D eigenvalue weighted by atomic mass is 16.4. The van der Waals surface area contributed by atoms with E-state index in [1.54, 1.807) is 12.1 Å². The number of rotatable bonds is 6. The fraction of sp³-hybridized carbons (Fsp3) is 0.417. The lowest BCUT2D eigenvalue weighted by Crippen LogP contribution is -2.30. The van der Waals surface area contributed by atoms with Crippen LogP contribution < -0.4 is 10.6 Å². The van der Waals surface area contributed by atoms with Crippen molar-refractivity contribution >= 4 is 23.4 Å². The van der Waals surface area contributed by atoms with Crippen molar-refractivity contribution in [3.8, 4) is 0 Å². The number of fused-ring (bicyclic) bond motifs is 1. The predicted octanol–water partition coefficient (Wildman–Crippen LogP) is 5.45. The van der Waals surface area contributed by atoms with Gasteiger partial charge in [0, 0.05) is 23.5 Å². The van der Waals surface area contributed by atoms with Gasteiger partial charge in [-0.3, -0.25) is 4.90 Å². The van der Waals surface area contributed by atoms with Crippen LogP contribution in [0.5, 0.6) is 0 Å². The van der Waals surface area contributed by atoms with Crippen LogP contribution in [0, 0.1) is 0 Å². The molecule has 1 fully saturated rings. The Morgan fingerprint density at radius 1 is 0.967 bits per heavy atom. The summed E-state index contributed by atoms with van der Waals surface area (Å²) in [5.41, 5.74) is 4.27. The van der Waals surface area contributed by atoms with Crippen molar-refractivity contribution in [2.24, 2.45) is 0 Å². The smallest absolute Gasteiger partial charge is 0.335 e. The normalized spacial score (nSPS) is 20.5. The second-order valence-electron chi connectivity index (χ2n) is 8.40. The lowest BCUT2D eigenvalue weighted by Gasteiger charge is -2.37. The van der Waals surface area contributed by atoms with Gasteiger partial charge >= 0.3 is 12.0 Å². The first-order valence-electron chi connectivity index (χ1n) is 10.7. The van der Waals surface area contributed by atoms with Crippen molar-refractivity contribution in [1.29, 1.82) is 0 Å². The van der Waals surface area contributed by atoms with Gasteiger partial charge in [-0.05, 0) is 92.6 Å². The molecule has 158 valence electrons. The summed E-state index contributed by atoms with van der Waals surface area (Å²) in [7, 11) is 2.24. The summed E-state index contributed by atoms with van der Waals surface area (Å²) in [6, 6.07) is 13.2. The standard InChI is InChI=1S/C24H29N3O3/c1-3-15-6-13-22(27(2)19-10-11-19)20-12-9-18(14-21(15)20)26-24(30)25-17-7-4-16(5-8-17)23(28)29/h4-5,7-9,12,14-15,19,22H,3,6,10-11,13H2,1-2H3,(H,28,29)(H2,25,26,30). The van der Waals surface area contributed by atoms with Crippen LogP contribution in [0.4, 0.5) is 16.2 Å². The first kappa shape index (κ1) is 20.4. The molecule has 0 bridgehead atoms. The molecule has 0 radical (unpaired) electrons. The van der Waals surface area contributed by atoms with E-state index in [0.717, 1.165) is 18.2 Å². The van der Waals surface area contributed by atoms with Gasteiger partial charge in [0.1, 0.15) is 0 Å². The van der Waals surface area contributed by atoms with Gasteiger partial charge in [-0.2, -0.15) is 0 Å². The summed E-state index contributed by atoms with van der Waals surface area (Å²) in [4.78, 5) is 25.9. The van der Waals surface area contributed by atoms with Gasteiger partial charge in [0.2, 0.25) is 0 Å². The second-order valence-corrected chi connectivity index (χ2v) is 8.40. The van der Waals surface area contributed by atoms with Gasteiger partial charge in [-0.1, -0.05) is 13.0 Å². The zero-order valence-corrected chi connectivity index (χ0v) is 17.5.